The Kier molecular flexibility index (Phi) is 6.27. The lowest BCUT2D eigenvalue weighted by molar-refractivity contribution is -0.138. The average Bonchev–Trinajstić information content (AvgIpc) is 2.79. The normalized spacial score (nSPS) is 19.5. The maximum atomic E-state index is 13.0. The SMILES string of the molecule is CN1CCC(C(=O)N2CCC(c3cncc(-c4cccc(C(F)(F)F)c4)n3)CC2)CC1. The quantitative estimate of drug-likeness (QED) is 0.729. The van der Waals surface area contributed by atoms with E-state index in [1.165, 1.54) is 12.3 Å². The van der Waals surface area contributed by atoms with Crippen molar-refractivity contribution in [3.05, 3.63) is 47.9 Å². The van der Waals surface area contributed by atoms with Crippen LogP contribution in [-0.4, -0.2) is 58.9 Å². The molecule has 0 aliphatic carbocycles. The number of amides is 1. The van der Waals surface area contributed by atoms with Crippen molar-refractivity contribution < 1.29 is 18.0 Å². The van der Waals surface area contributed by atoms with Gasteiger partial charge in [0.15, 0.2) is 0 Å². The van der Waals surface area contributed by atoms with Crippen LogP contribution in [0, 0.1) is 5.92 Å². The second-order valence-electron chi connectivity index (χ2n) is 8.58. The fourth-order valence-electron chi connectivity index (χ4n) is 4.48. The van der Waals surface area contributed by atoms with Crippen LogP contribution in [-0.2, 0) is 11.0 Å². The highest BCUT2D eigenvalue weighted by atomic mass is 19.4. The van der Waals surface area contributed by atoms with Gasteiger partial charge in [-0.2, -0.15) is 13.2 Å². The molecule has 0 spiro atoms. The lowest BCUT2D eigenvalue weighted by Crippen LogP contribution is -2.44. The maximum absolute atomic E-state index is 13.0. The Balaban J connectivity index is 1.41. The topological polar surface area (TPSA) is 49.3 Å². The number of alkyl halides is 3. The number of aromatic nitrogens is 2. The van der Waals surface area contributed by atoms with E-state index in [9.17, 15) is 18.0 Å². The van der Waals surface area contributed by atoms with Crippen molar-refractivity contribution in [3.8, 4) is 11.3 Å². The Labute approximate surface area is 180 Å². The molecule has 1 aromatic carbocycles. The molecule has 4 rings (SSSR count). The fraction of sp³-hybridized carbons (Fsp3) is 0.522. The second-order valence-corrected chi connectivity index (χ2v) is 8.58. The molecule has 166 valence electrons. The van der Waals surface area contributed by atoms with Gasteiger partial charge in [-0.05, 0) is 58.0 Å². The first-order chi connectivity index (χ1) is 14.8. The van der Waals surface area contributed by atoms with Crippen molar-refractivity contribution >= 4 is 5.91 Å². The zero-order valence-corrected chi connectivity index (χ0v) is 17.6. The number of rotatable bonds is 3. The second kappa shape index (κ2) is 8.94. The van der Waals surface area contributed by atoms with E-state index in [2.05, 4.69) is 21.9 Å². The van der Waals surface area contributed by atoms with Crippen molar-refractivity contribution in [3.63, 3.8) is 0 Å². The largest absolute Gasteiger partial charge is 0.416 e. The molecule has 0 radical (unpaired) electrons. The Morgan fingerprint density at radius 3 is 2.42 bits per heavy atom. The molecule has 3 heterocycles. The molecule has 1 aromatic heterocycles. The van der Waals surface area contributed by atoms with E-state index in [1.54, 1.807) is 12.3 Å². The zero-order valence-electron chi connectivity index (χ0n) is 17.6. The van der Waals surface area contributed by atoms with Gasteiger partial charge in [-0.15, -0.1) is 0 Å². The van der Waals surface area contributed by atoms with Crippen LogP contribution >= 0.6 is 0 Å². The highest BCUT2D eigenvalue weighted by Gasteiger charge is 2.32. The van der Waals surface area contributed by atoms with Gasteiger partial charge in [0, 0.05) is 36.7 Å². The van der Waals surface area contributed by atoms with Crippen LogP contribution in [0.3, 0.4) is 0 Å². The standard InChI is InChI=1S/C23H27F3N4O/c1-29-9-5-17(6-10-29)22(31)30-11-7-16(8-12-30)20-14-27-15-21(28-20)18-3-2-4-19(13-18)23(24,25)26/h2-4,13-17H,5-12H2,1H3. The van der Waals surface area contributed by atoms with Crippen LogP contribution in [0.5, 0.6) is 0 Å². The summed E-state index contributed by atoms with van der Waals surface area (Å²) < 4.78 is 39.1. The lowest BCUT2D eigenvalue weighted by atomic mass is 9.90. The van der Waals surface area contributed by atoms with Crippen LogP contribution in [0.1, 0.15) is 42.9 Å². The molecule has 0 atom stereocenters. The number of likely N-dealkylation sites (tertiary alicyclic amines) is 2. The minimum absolute atomic E-state index is 0.122. The Morgan fingerprint density at radius 2 is 1.74 bits per heavy atom. The van der Waals surface area contributed by atoms with Gasteiger partial charge in [0.2, 0.25) is 5.91 Å². The average molecular weight is 432 g/mol. The first-order valence-corrected chi connectivity index (χ1v) is 10.8. The van der Waals surface area contributed by atoms with E-state index in [-0.39, 0.29) is 17.7 Å². The number of hydrogen-bond acceptors (Lipinski definition) is 4. The Morgan fingerprint density at radius 1 is 1.03 bits per heavy atom. The van der Waals surface area contributed by atoms with Crippen molar-refractivity contribution in [2.45, 2.75) is 37.8 Å². The maximum Gasteiger partial charge on any atom is 0.416 e. The highest BCUT2D eigenvalue weighted by molar-refractivity contribution is 5.79. The third-order valence-electron chi connectivity index (χ3n) is 6.43. The summed E-state index contributed by atoms with van der Waals surface area (Å²) in [5, 5.41) is 0. The molecule has 2 fully saturated rings. The molecular formula is C23H27F3N4O. The summed E-state index contributed by atoms with van der Waals surface area (Å²) >= 11 is 0. The molecule has 2 saturated heterocycles. The molecule has 31 heavy (non-hydrogen) atoms. The van der Waals surface area contributed by atoms with E-state index >= 15 is 0 Å². The van der Waals surface area contributed by atoms with E-state index in [1.807, 2.05) is 4.90 Å². The molecule has 0 unspecified atom stereocenters. The third-order valence-corrected chi connectivity index (χ3v) is 6.43. The van der Waals surface area contributed by atoms with E-state index in [0.29, 0.717) is 24.3 Å². The van der Waals surface area contributed by atoms with Crippen LogP contribution in [0.15, 0.2) is 36.7 Å². The summed E-state index contributed by atoms with van der Waals surface area (Å²) in [6.45, 7) is 3.30. The number of hydrogen-bond donors (Lipinski definition) is 0. The van der Waals surface area contributed by atoms with E-state index in [4.69, 9.17) is 0 Å². The molecule has 2 aliphatic heterocycles. The molecule has 0 N–H and O–H groups in total. The molecule has 2 aromatic rings. The smallest absolute Gasteiger partial charge is 0.342 e. The monoisotopic (exact) mass is 432 g/mol. The van der Waals surface area contributed by atoms with Gasteiger partial charge in [0.25, 0.3) is 0 Å². The first-order valence-electron chi connectivity index (χ1n) is 10.8. The summed E-state index contributed by atoms with van der Waals surface area (Å²) in [5.74, 6) is 0.534. The first kappa shape index (κ1) is 21.7. The Bertz CT molecular complexity index is 917. The molecule has 2 aliphatic rings. The van der Waals surface area contributed by atoms with Crippen LogP contribution < -0.4 is 0 Å². The van der Waals surface area contributed by atoms with Gasteiger partial charge in [-0.3, -0.25) is 9.78 Å². The molecule has 8 heteroatoms. The third kappa shape index (κ3) is 5.06. The number of piperidine rings is 2. The predicted octanol–water partition coefficient (Wildman–Crippen LogP) is 4.21. The number of nitrogens with zero attached hydrogens (tertiary/aromatic N) is 4. The van der Waals surface area contributed by atoms with Gasteiger partial charge in [0.05, 0.1) is 23.1 Å². The predicted molar refractivity (Wildman–Crippen MR) is 111 cm³/mol. The molecule has 5 nitrogen and oxygen atoms in total. The van der Waals surface area contributed by atoms with Gasteiger partial charge in [-0.1, -0.05) is 12.1 Å². The van der Waals surface area contributed by atoms with Crippen molar-refractivity contribution in [1.29, 1.82) is 0 Å². The number of carbonyl (C=O) groups excluding carboxylic acids is 1. The Hall–Kier alpha value is -2.48. The number of halogens is 3. The van der Waals surface area contributed by atoms with Gasteiger partial charge < -0.3 is 9.80 Å². The minimum atomic E-state index is -4.39. The summed E-state index contributed by atoms with van der Waals surface area (Å²) in [6.07, 6.45) is 2.21. The van der Waals surface area contributed by atoms with Gasteiger partial charge in [-0.25, -0.2) is 4.98 Å². The van der Waals surface area contributed by atoms with E-state index < -0.39 is 11.7 Å². The van der Waals surface area contributed by atoms with Crippen LogP contribution in [0.2, 0.25) is 0 Å². The molecular weight excluding hydrogens is 405 g/mol. The summed E-state index contributed by atoms with van der Waals surface area (Å²) in [4.78, 5) is 25.9. The zero-order chi connectivity index (χ0) is 22.0. The van der Waals surface area contributed by atoms with E-state index in [0.717, 1.165) is 56.6 Å². The fourth-order valence-corrected chi connectivity index (χ4v) is 4.48. The lowest BCUT2D eigenvalue weighted by Gasteiger charge is -2.36. The van der Waals surface area contributed by atoms with Crippen LogP contribution in [0.4, 0.5) is 13.2 Å². The highest BCUT2D eigenvalue weighted by Crippen LogP contribution is 2.33. The molecule has 0 bridgehead atoms. The summed E-state index contributed by atoms with van der Waals surface area (Å²) in [7, 11) is 2.08. The minimum Gasteiger partial charge on any atom is -0.342 e. The number of benzene rings is 1. The van der Waals surface area contributed by atoms with Crippen molar-refractivity contribution in [1.82, 2.24) is 19.8 Å². The van der Waals surface area contributed by atoms with Gasteiger partial charge >= 0.3 is 6.18 Å². The summed E-state index contributed by atoms with van der Waals surface area (Å²) in [6, 6.07) is 5.17. The van der Waals surface area contributed by atoms with Gasteiger partial charge in [0.1, 0.15) is 0 Å². The van der Waals surface area contributed by atoms with Crippen molar-refractivity contribution in [2.75, 3.05) is 33.2 Å². The number of carbonyl (C=O) groups is 1. The van der Waals surface area contributed by atoms with Crippen LogP contribution in [0.25, 0.3) is 11.3 Å². The molecule has 1 amide bonds. The molecule has 0 saturated carbocycles. The summed E-state index contributed by atoms with van der Waals surface area (Å²) in [5.41, 5.74) is 0.923. The van der Waals surface area contributed by atoms with Crippen molar-refractivity contribution in [2.24, 2.45) is 5.92 Å².